The van der Waals surface area contributed by atoms with Crippen molar-refractivity contribution in [2.24, 2.45) is 13.0 Å². The molecule has 1 saturated heterocycles. The second-order valence-corrected chi connectivity index (χ2v) is 8.57. The highest BCUT2D eigenvalue weighted by Crippen LogP contribution is 2.31. The van der Waals surface area contributed by atoms with Gasteiger partial charge >= 0.3 is 0 Å². The van der Waals surface area contributed by atoms with Crippen LogP contribution in [-0.2, 0) is 11.8 Å². The fourth-order valence-corrected chi connectivity index (χ4v) is 4.83. The minimum atomic E-state index is 0.431. The molecule has 0 radical (unpaired) electrons. The van der Waals surface area contributed by atoms with E-state index in [1.807, 2.05) is 6.20 Å². The predicted octanol–water partition coefficient (Wildman–Crippen LogP) is 2.69. The maximum atomic E-state index is 5.45. The normalized spacial score (nSPS) is 19.6. The van der Waals surface area contributed by atoms with E-state index in [0.29, 0.717) is 5.92 Å². The van der Waals surface area contributed by atoms with E-state index < -0.39 is 0 Å². The molecule has 0 saturated carbocycles. The minimum absolute atomic E-state index is 0.431. The van der Waals surface area contributed by atoms with Crippen molar-refractivity contribution in [1.29, 1.82) is 0 Å². The lowest BCUT2D eigenvalue weighted by Crippen LogP contribution is -2.36. The first kappa shape index (κ1) is 17.6. The zero-order valence-electron chi connectivity index (χ0n) is 16.5. The molecule has 144 valence electrons. The molecular formula is C22H24N4OS. The summed E-state index contributed by atoms with van der Waals surface area (Å²) in [6.45, 7) is 7.79. The maximum absolute atomic E-state index is 5.45. The Balaban J connectivity index is 1.59. The lowest BCUT2D eigenvalue weighted by molar-refractivity contribution is 0.122. The first-order chi connectivity index (χ1) is 13.6. The molecule has 1 atom stereocenters. The van der Waals surface area contributed by atoms with Crippen LogP contribution in [0.4, 0.5) is 5.13 Å². The number of aryl methyl sites for hydroxylation is 1. The molecule has 1 unspecified atom stereocenters. The van der Waals surface area contributed by atoms with Crippen molar-refractivity contribution in [3.05, 3.63) is 40.5 Å². The number of pyridine rings is 1. The van der Waals surface area contributed by atoms with E-state index in [1.165, 1.54) is 21.5 Å². The van der Waals surface area contributed by atoms with Crippen molar-refractivity contribution in [3.63, 3.8) is 0 Å². The molecule has 4 heterocycles. The van der Waals surface area contributed by atoms with Crippen LogP contribution in [0.1, 0.15) is 13.8 Å². The van der Waals surface area contributed by atoms with Crippen molar-refractivity contribution >= 4 is 39.7 Å². The third-order valence-corrected chi connectivity index (χ3v) is 6.87. The van der Waals surface area contributed by atoms with E-state index in [1.54, 1.807) is 11.3 Å². The zero-order chi connectivity index (χ0) is 19.3. The topological polar surface area (TPSA) is 43.2 Å². The molecule has 3 aromatic heterocycles. The summed E-state index contributed by atoms with van der Waals surface area (Å²) < 4.78 is 7.65. The van der Waals surface area contributed by atoms with Crippen LogP contribution in [0.2, 0.25) is 0 Å². The third-order valence-electron chi connectivity index (χ3n) is 5.79. The van der Waals surface area contributed by atoms with Crippen LogP contribution in [-0.4, -0.2) is 40.8 Å². The lowest BCUT2D eigenvalue weighted by Gasteiger charge is -2.25. The van der Waals surface area contributed by atoms with Gasteiger partial charge in [-0.3, -0.25) is 0 Å². The van der Waals surface area contributed by atoms with Crippen LogP contribution in [0.5, 0.6) is 0 Å². The van der Waals surface area contributed by atoms with Gasteiger partial charge in [0.2, 0.25) is 0 Å². The Morgan fingerprint density at radius 1 is 1.18 bits per heavy atom. The number of rotatable bonds is 2. The van der Waals surface area contributed by atoms with Crippen LogP contribution < -0.4 is 15.5 Å². The maximum Gasteiger partial charge on any atom is 0.186 e. The molecule has 0 bridgehead atoms. The summed E-state index contributed by atoms with van der Waals surface area (Å²) in [5.74, 6) is 0.431. The molecule has 1 aliphatic carbocycles. The van der Waals surface area contributed by atoms with Gasteiger partial charge in [0.1, 0.15) is 5.65 Å². The molecular weight excluding hydrogens is 368 g/mol. The van der Waals surface area contributed by atoms with Gasteiger partial charge < -0.3 is 14.2 Å². The highest BCUT2D eigenvalue weighted by molar-refractivity contribution is 7.18. The highest BCUT2D eigenvalue weighted by atomic mass is 32.1. The van der Waals surface area contributed by atoms with Crippen LogP contribution in [0.15, 0.2) is 30.0 Å². The van der Waals surface area contributed by atoms with E-state index in [0.717, 1.165) is 47.7 Å². The molecule has 5 nitrogen and oxygen atoms in total. The van der Waals surface area contributed by atoms with Gasteiger partial charge in [0.05, 0.1) is 23.8 Å². The van der Waals surface area contributed by atoms with Crippen molar-refractivity contribution in [1.82, 2.24) is 14.5 Å². The monoisotopic (exact) mass is 392 g/mol. The number of allylic oxidation sites excluding steroid dienone is 2. The second-order valence-electron chi connectivity index (χ2n) is 7.56. The van der Waals surface area contributed by atoms with Gasteiger partial charge in [-0.1, -0.05) is 36.0 Å². The largest absolute Gasteiger partial charge is 0.378 e. The van der Waals surface area contributed by atoms with Gasteiger partial charge in [0.25, 0.3) is 0 Å². The predicted molar refractivity (Wildman–Crippen MR) is 116 cm³/mol. The van der Waals surface area contributed by atoms with E-state index in [4.69, 9.17) is 9.72 Å². The van der Waals surface area contributed by atoms with Gasteiger partial charge in [-0.15, -0.1) is 0 Å². The summed E-state index contributed by atoms with van der Waals surface area (Å²) in [5, 5.41) is 4.78. The Hall–Kier alpha value is -2.44. The molecule has 1 aliphatic heterocycles. The van der Waals surface area contributed by atoms with Crippen LogP contribution >= 0.6 is 11.3 Å². The van der Waals surface area contributed by atoms with Gasteiger partial charge in [-0.25, -0.2) is 9.97 Å². The number of nitrogens with zero attached hydrogens (tertiary/aromatic N) is 4. The summed E-state index contributed by atoms with van der Waals surface area (Å²) in [7, 11) is 2.10. The van der Waals surface area contributed by atoms with E-state index in [9.17, 15) is 0 Å². The van der Waals surface area contributed by atoms with Crippen molar-refractivity contribution in [2.75, 3.05) is 31.2 Å². The SMILES string of the molecule is CC1=CC=c2c(c3ccc(-c4cnc(N5CCOCC5)s4)nc3n2C)=CC1C. The number of hydrogen-bond acceptors (Lipinski definition) is 5. The molecule has 28 heavy (non-hydrogen) atoms. The van der Waals surface area contributed by atoms with Crippen molar-refractivity contribution in [3.8, 4) is 10.6 Å². The van der Waals surface area contributed by atoms with Gasteiger partial charge in [-0.05, 0) is 31.1 Å². The fraction of sp³-hybridized carbons (Fsp3) is 0.364. The van der Waals surface area contributed by atoms with Gasteiger partial charge in [0, 0.05) is 42.3 Å². The Morgan fingerprint density at radius 2 is 2.00 bits per heavy atom. The fourth-order valence-electron chi connectivity index (χ4n) is 3.89. The second kappa shape index (κ2) is 6.87. The smallest absolute Gasteiger partial charge is 0.186 e. The van der Waals surface area contributed by atoms with E-state index in [2.05, 4.69) is 65.7 Å². The van der Waals surface area contributed by atoms with Crippen molar-refractivity contribution < 1.29 is 4.74 Å². The van der Waals surface area contributed by atoms with Crippen molar-refractivity contribution in [2.45, 2.75) is 13.8 Å². The Labute approximate surface area is 168 Å². The lowest BCUT2D eigenvalue weighted by atomic mass is 10.0. The summed E-state index contributed by atoms with van der Waals surface area (Å²) >= 11 is 1.71. The molecule has 2 aliphatic rings. The number of aromatic nitrogens is 3. The number of hydrogen-bond donors (Lipinski definition) is 0. The highest BCUT2D eigenvalue weighted by Gasteiger charge is 2.17. The van der Waals surface area contributed by atoms with E-state index >= 15 is 0 Å². The zero-order valence-corrected chi connectivity index (χ0v) is 17.3. The standard InChI is InChI=1S/C22H24N4OS/c1-14-4-7-19-17(12-15(14)2)16-5-6-18(24-21(16)25(19)3)20-13-23-22(28-20)26-8-10-27-11-9-26/h4-7,12-13,15H,8-11H2,1-3H3. The van der Waals surface area contributed by atoms with Crippen LogP contribution in [0.25, 0.3) is 33.8 Å². The number of thiazole rings is 1. The molecule has 1 fully saturated rings. The van der Waals surface area contributed by atoms with E-state index in [-0.39, 0.29) is 0 Å². The Bertz CT molecular complexity index is 1200. The summed E-state index contributed by atoms with van der Waals surface area (Å²) in [5.41, 5.74) is 3.39. The molecule has 6 heteroatoms. The van der Waals surface area contributed by atoms with Gasteiger partial charge in [0.15, 0.2) is 5.13 Å². The Kier molecular flexibility index (Phi) is 4.33. The number of fused-ring (bicyclic) bond motifs is 3. The molecule has 0 spiro atoms. The molecule has 5 rings (SSSR count). The molecule has 3 aromatic rings. The van der Waals surface area contributed by atoms with Crippen LogP contribution in [0, 0.1) is 5.92 Å². The first-order valence-electron chi connectivity index (χ1n) is 9.76. The molecule has 0 aromatic carbocycles. The quantitative estimate of drug-likeness (QED) is 0.673. The van der Waals surface area contributed by atoms with Gasteiger partial charge in [-0.2, -0.15) is 0 Å². The average molecular weight is 393 g/mol. The average Bonchev–Trinajstić information content (AvgIpc) is 3.27. The van der Waals surface area contributed by atoms with Crippen LogP contribution in [0.3, 0.4) is 0 Å². The first-order valence-corrected chi connectivity index (χ1v) is 10.6. The number of anilines is 1. The number of ether oxygens (including phenoxy) is 1. The minimum Gasteiger partial charge on any atom is -0.378 e. The number of morpholine rings is 1. The summed E-state index contributed by atoms with van der Waals surface area (Å²) in [4.78, 5) is 13.0. The summed E-state index contributed by atoms with van der Waals surface area (Å²) in [6.07, 6.45) is 8.75. The third kappa shape index (κ3) is 2.88. The summed E-state index contributed by atoms with van der Waals surface area (Å²) in [6, 6.07) is 4.34. The Morgan fingerprint density at radius 3 is 2.82 bits per heavy atom. The molecule has 0 amide bonds. The molecule has 0 N–H and O–H groups in total.